The van der Waals surface area contributed by atoms with Crippen molar-refractivity contribution >= 4 is 26.3 Å². The van der Waals surface area contributed by atoms with E-state index in [1.807, 2.05) is 20.9 Å². The van der Waals surface area contributed by atoms with E-state index in [1.54, 1.807) is 13.8 Å². The van der Waals surface area contributed by atoms with Crippen molar-refractivity contribution in [2.45, 2.75) is 56.4 Å². The van der Waals surface area contributed by atoms with Crippen LogP contribution in [0, 0.1) is 17.8 Å². The van der Waals surface area contributed by atoms with E-state index in [0.717, 1.165) is 11.4 Å². The van der Waals surface area contributed by atoms with Gasteiger partial charge in [0.1, 0.15) is 6.54 Å². The Morgan fingerprint density at radius 3 is 1.75 bits per heavy atom. The number of urea groups is 1. The molecule has 1 rings (SSSR count). The van der Waals surface area contributed by atoms with Gasteiger partial charge in [-0.25, -0.2) is 9.80 Å². The van der Waals surface area contributed by atoms with Crippen LogP contribution in [0.25, 0.3) is 0 Å². The number of nitrogens with one attached hydrogen (secondary N) is 4. The van der Waals surface area contributed by atoms with Gasteiger partial charge in [-0.1, -0.05) is 69.6 Å². The monoisotopic (exact) mass is 456 g/mol. The van der Waals surface area contributed by atoms with Crippen LogP contribution >= 0.6 is 0 Å². The van der Waals surface area contributed by atoms with E-state index >= 15 is 0 Å². The summed E-state index contributed by atoms with van der Waals surface area (Å²) in [6.07, 6.45) is 0. The zero-order valence-corrected chi connectivity index (χ0v) is 19.5. The smallest absolute Gasteiger partial charge is 0.336 e. The molecule has 0 spiro atoms. The first-order valence-electron chi connectivity index (χ1n) is 9.70. The number of nitrogens with zero attached hydrogens (tertiary/aromatic N) is 1. The topological polar surface area (TPSA) is 123 Å². The normalized spacial score (nSPS) is 11.2. The second kappa shape index (κ2) is 21.6. The van der Waals surface area contributed by atoms with Crippen molar-refractivity contribution < 1.29 is 19.5 Å². The van der Waals surface area contributed by atoms with E-state index < -0.39 is 5.97 Å². The van der Waals surface area contributed by atoms with Gasteiger partial charge in [-0.05, 0) is 11.8 Å². The van der Waals surface area contributed by atoms with Gasteiger partial charge in [0.2, 0.25) is 5.91 Å². The number of allylic oxidation sites excluding steroid dienone is 2. The lowest BCUT2D eigenvalue weighted by Crippen LogP contribution is -2.45. The van der Waals surface area contributed by atoms with E-state index in [0.29, 0.717) is 24.9 Å². The van der Waals surface area contributed by atoms with Crippen LogP contribution in [0.3, 0.4) is 0 Å². The van der Waals surface area contributed by atoms with Crippen LogP contribution in [-0.2, 0) is 9.59 Å². The zero-order valence-electron chi connectivity index (χ0n) is 19.5. The predicted octanol–water partition coefficient (Wildman–Crippen LogP) is 2.80. The first-order valence-corrected chi connectivity index (χ1v) is 9.70. The standard InChI is InChI=1S/C7H13N3O2.C7H13NO2.C6H13N.2CH4.B/c1-5(2)6(11)9-10-4-3-8-7(10)12;1-5(2)6(3)8-4-7(9)10;1-5(2)6(3)7-4;;;/h5H,3-4H2,1-2H3,(H,8,12)(H,9,11);5,8H,3-4H2,1-2H3,(H,9,10);5,7H,3H2,1-2,4H3;2*1H4;. The number of carboxylic acid groups (broad SMARTS) is 1. The number of carbonyl (C=O) groups excluding carboxylic acids is 2. The minimum atomic E-state index is -0.859. The molecule has 0 bridgehead atoms. The Morgan fingerprint density at radius 2 is 1.50 bits per heavy atom. The molecule has 0 aliphatic carbocycles. The number of hydrogen-bond donors (Lipinski definition) is 5. The third-order valence-corrected chi connectivity index (χ3v) is 3.81. The second-order valence-electron chi connectivity index (χ2n) is 7.37. The maximum atomic E-state index is 11.1. The van der Waals surface area contributed by atoms with Crippen molar-refractivity contribution in [3.63, 3.8) is 0 Å². The van der Waals surface area contributed by atoms with Gasteiger partial charge in [-0.15, -0.1) is 0 Å². The first-order chi connectivity index (χ1) is 13.3. The van der Waals surface area contributed by atoms with Gasteiger partial charge in [-0.2, -0.15) is 0 Å². The lowest BCUT2D eigenvalue weighted by molar-refractivity contribution is -0.135. The number of carbonyl (C=O) groups is 3. The van der Waals surface area contributed by atoms with E-state index in [2.05, 4.69) is 48.4 Å². The second-order valence-corrected chi connectivity index (χ2v) is 7.37. The molecule has 32 heavy (non-hydrogen) atoms. The maximum absolute atomic E-state index is 11.1. The molecule has 10 heteroatoms. The molecule has 0 saturated carbocycles. The van der Waals surface area contributed by atoms with Gasteiger partial charge >= 0.3 is 12.0 Å². The summed E-state index contributed by atoms with van der Waals surface area (Å²) in [6.45, 7) is 20.2. The Balaban J connectivity index is -0.000000112. The highest BCUT2D eigenvalue weighted by atomic mass is 16.4. The molecule has 0 unspecified atom stereocenters. The van der Waals surface area contributed by atoms with E-state index in [-0.39, 0.29) is 47.7 Å². The Morgan fingerprint density at radius 1 is 1.03 bits per heavy atom. The lowest BCUT2D eigenvalue weighted by atomic mass is 10.1. The summed E-state index contributed by atoms with van der Waals surface area (Å²) in [4.78, 5) is 32.1. The molecule has 0 aromatic carbocycles. The summed E-state index contributed by atoms with van der Waals surface area (Å²) in [5.41, 5.74) is 4.37. The minimum absolute atomic E-state index is 0. The van der Waals surface area contributed by atoms with Gasteiger partial charge in [0.15, 0.2) is 0 Å². The number of hydrazine groups is 1. The van der Waals surface area contributed by atoms with Crippen LogP contribution in [0.1, 0.15) is 56.4 Å². The van der Waals surface area contributed by atoms with Crippen molar-refractivity contribution in [1.29, 1.82) is 0 Å². The molecule has 0 aromatic rings. The quantitative estimate of drug-likeness (QED) is 0.358. The Labute approximate surface area is 198 Å². The van der Waals surface area contributed by atoms with Crippen LogP contribution in [0.15, 0.2) is 24.6 Å². The fourth-order valence-electron chi connectivity index (χ4n) is 1.52. The highest BCUT2D eigenvalue weighted by Gasteiger charge is 2.21. The molecular formula is C22H47BN5O4. The van der Waals surface area contributed by atoms with E-state index in [4.69, 9.17) is 5.11 Å². The molecule has 3 amide bonds. The van der Waals surface area contributed by atoms with Crippen LogP contribution in [0.2, 0.25) is 0 Å². The number of rotatable bonds is 8. The van der Waals surface area contributed by atoms with Crippen LogP contribution in [0.5, 0.6) is 0 Å². The van der Waals surface area contributed by atoms with Crippen LogP contribution < -0.4 is 21.4 Å². The Kier molecular flexibility index (Phi) is 26.8. The molecule has 1 heterocycles. The first kappa shape index (κ1) is 39.8. The van der Waals surface area contributed by atoms with E-state index in [9.17, 15) is 14.4 Å². The van der Waals surface area contributed by atoms with Gasteiger partial charge in [0, 0.05) is 39.3 Å². The number of aliphatic carboxylic acids is 1. The summed E-state index contributed by atoms with van der Waals surface area (Å²) >= 11 is 0. The molecular weight excluding hydrogens is 409 g/mol. The summed E-state index contributed by atoms with van der Waals surface area (Å²) in [7, 11) is 1.89. The van der Waals surface area contributed by atoms with E-state index in [1.165, 1.54) is 5.01 Å². The van der Waals surface area contributed by atoms with Gasteiger partial charge < -0.3 is 21.1 Å². The van der Waals surface area contributed by atoms with Crippen molar-refractivity contribution in [2.24, 2.45) is 17.8 Å². The summed E-state index contributed by atoms with van der Waals surface area (Å²) in [5, 5.41) is 17.8. The molecule has 0 atom stereocenters. The lowest BCUT2D eigenvalue weighted by Gasteiger charge is -2.16. The molecule has 1 fully saturated rings. The van der Waals surface area contributed by atoms with Gasteiger partial charge in [0.25, 0.3) is 0 Å². The van der Waals surface area contributed by atoms with Gasteiger partial charge in [-0.3, -0.25) is 15.0 Å². The number of carboxylic acids is 1. The molecule has 1 aliphatic heterocycles. The average Bonchev–Trinajstić information content (AvgIpc) is 3.04. The fourth-order valence-corrected chi connectivity index (χ4v) is 1.52. The largest absolute Gasteiger partial charge is 0.480 e. The zero-order chi connectivity index (χ0) is 23.1. The third-order valence-electron chi connectivity index (χ3n) is 3.81. The van der Waals surface area contributed by atoms with Crippen LogP contribution in [0.4, 0.5) is 4.79 Å². The van der Waals surface area contributed by atoms with Crippen molar-refractivity contribution in [2.75, 3.05) is 26.7 Å². The van der Waals surface area contributed by atoms with Crippen molar-refractivity contribution in [3.8, 4) is 0 Å². The summed E-state index contributed by atoms with van der Waals surface area (Å²) in [5.74, 6) is -0.239. The number of hydrogen-bond acceptors (Lipinski definition) is 5. The molecule has 0 aromatic heterocycles. The maximum Gasteiger partial charge on any atom is 0.336 e. The Bertz CT molecular complexity index is 567. The summed E-state index contributed by atoms with van der Waals surface area (Å²) < 4.78 is 0. The minimum Gasteiger partial charge on any atom is -0.480 e. The Hall–Kier alpha value is -2.65. The van der Waals surface area contributed by atoms with Crippen molar-refractivity contribution in [1.82, 2.24) is 26.4 Å². The SMILES string of the molecule is C.C.C=C(NC)C(C)C.C=C(NCC(=O)O)C(C)C.CC(C)C(=O)NN1CCNC1=O.[B]. The average molecular weight is 456 g/mol. The molecule has 187 valence electrons. The van der Waals surface area contributed by atoms with Gasteiger partial charge in [0.05, 0.1) is 6.54 Å². The molecule has 5 N–H and O–H groups in total. The third kappa shape index (κ3) is 20.6. The highest BCUT2D eigenvalue weighted by Crippen LogP contribution is 2.01. The molecule has 1 aliphatic rings. The number of amides is 3. The van der Waals surface area contributed by atoms with Crippen LogP contribution in [-0.4, -0.2) is 63.1 Å². The molecule has 9 nitrogen and oxygen atoms in total. The summed E-state index contributed by atoms with van der Waals surface area (Å²) in [6, 6.07) is -0.232. The fraction of sp³-hybridized carbons (Fsp3) is 0.682. The predicted molar refractivity (Wildman–Crippen MR) is 135 cm³/mol. The molecule has 1 saturated heterocycles. The highest BCUT2D eigenvalue weighted by molar-refractivity contribution is 5.83. The molecule has 3 radical (unpaired) electrons. The van der Waals surface area contributed by atoms with Crippen molar-refractivity contribution in [3.05, 3.63) is 24.6 Å².